The Balaban J connectivity index is 2.24. The van der Waals surface area contributed by atoms with Gasteiger partial charge in [0.25, 0.3) is 0 Å². The molecule has 0 fully saturated rings. The van der Waals surface area contributed by atoms with Crippen molar-refractivity contribution in [2.24, 2.45) is 0 Å². The number of benzene rings is 1. The quantitative estimate of drug-likeness (QED) is 0.833. The molecular formula is C14H11ClF3N5O2. The number of tetrazole rings is 1. The second kappa shape index (κ2) is 6.36. The van der Waals surface area contributed by atoms with E-state index in [1.54, 1.807) is 0 Å². The number of carbonyl (C=O) groups is 1. The number of hydrogen-bond acceptors (Lipinski definition) is 6. The van der Waals surface area contributed by atoms with Gasteiger partial charge in [0, 0.05) is 5.02 Å². The fourth-order valence-electron chi connectivity index (χ4n) is 2.49. The molecule has 132 valence electrons. The van der Waals surface area contributed by atoms with E-state index in [0.29, 0.717) is 10.6 Å². The lowest BCUT2D eigenvalue weighted by Gasteiger charge is -2.29. The fraction of sp³-hybridized carbons (Fsp3) is 0.286. The van der Waals surface area contributed by atoms with Gasteiger partial charge in [-0.15, -0.1) is 0 Å². The van der Waals surface area contributed by atoms with Crippen molar-refractivity contribution < 1.29 is 22.7 Å². The number of carbonyl (C=O) groups excluding carboxylic acids is 1. The maximum atomic E-state index is 13.5. The lowest BCUT2D eigenvalue weighted by Crippen LogP contribution is -2.35. The molecule has 0 bridgehead atoms. The number of nitrogens with one attached hydrogen (secondary N) is 1. The van der Waals surface area contributed by atoms with Crippen LogP contribution >= 0.6 is 11.6 Å². The Bertz CT molecular complexity index is 832. The highest BCUT2D eigenvalue weighted by molar-refractivity contribution is 6.30. The minimum absolute atomic E-state index is 0.0801. The molecule has 0 aliphatic carbocycles. The smallest absolute Gasteiger partial charge is 0.431 e. The largest absolute Gasteiger partial charge is 0.463 e. The number of halogens is 4. The number of nitrogens with zero attached hydrogens (tertiary/aromatic N) is 4. The summed E-state index contributed by atoms with van der Waals surface area (Å²) >= 11 is 5.84. The van der Waals surface area contributed by atoms with Crippen molar-refractivity contribution in [1.82, 2.24) is 20.2 Å². The number of ether oxygens (including phenoxy) is 1. The minimum Gasteiger partial charge on any atom is -0.463 e. The summed E-state index contributed by atoms with van der Waals surface area (Å²) in [6.07, 6.45) is -4.83. The molecule has 7 nitrogen and oxygen atoms in total. The SMILES string of the molecule is CCOC(=O)C1=C(C(F)(F)F)Nc2nnnn2C1c1ccc(Cl)cc1. The first-order chi connectivity index (χ1) is 11.8. The standard InChI is InChI=1S/C14H11ClF3N5O2/c1-2-25-12(24)9-10(7-3-5-8(15)6-4-7)23-13(20-21-22-23)19-11(9)14(16,17)18/h3-6,10H,2H2,1H3,(H,19,20,22). The Morgan fingerprint density at radius 1 is 1.36 bits per heavy atom. The first-order valence-electron chi connectivity index (χ1n) is 7.11. The van der Waals surface area contributed by atoms with Crippen molar-refractivity contribution in [3.8, 4) is 0 Å². The Morgan fingerprint density at radius 3 is 2.64 bits per heavy atom. The summed E-state index contributed by atoms with van der Waals surface area (Å²) < 4.78 is 46.5. The Labute approximate surface area is 144 Å². The van der Waals surface area contributed by atoms with Crippen LogP contribution in [0.15, 0.2) is 35.5 Å². The van der Waals surface area contributed by atoms with Gasteiger partial charge in [0.2, 0.25) is 5.95 Å². The van der Waals surface area contributed by atoms with Crippen LogP contribution in [0.2, 0.25) is 5.02 Å². The van der Waals surface area contributed by atoms with Gasteiger partial charge in [-0.2, -0.15) is 17.9 Å². The van der Waals surface area contributed by atoms with Gasteiger partial charge < -0.3 is 10.1 Å². The summed E-state index contributed by atoms with van der Waals surface area (Å²) in [5, 5.41) is 13.1. The third kappa shape index (κ3) is 3.16. The molecule has 0 saturated carbocycles. The van der Waals surface area contributed by atoms with Crippen LogP contribution in [0.25, 0.3) is 0 Å². The Kier molecular flexibility index (Phi) is 4.38. The van der Waals surface area contributed by atoms with Crippen molar-refractivity contribution in [2.75, 3.05) is 11.9 Å². The van der Waals surface area contributed by atoms with E-state index in [-0.39, 0.29) is 12.6 Å². The van der Waals surface area contributed by atoms with Crippen LogP contribution in [0, 0.1) is 0 Å². The number of anilines is 1. The van der Waals surface area contributed by atoms with Crippen molar-refractivity contribution >= 4 is 23.5 Å². The van der Waals surface area contributed by atoms with Crippen molar-refractivity contribution in [1.29, 1.82) is 0 Å². The number of esters is 1. The van der Waals surface area contributed by atoms with Gasteiger partial charge in [0.15, 0.2) is 0 Å². The molecule has 1 unspecified atom stereocenters. The predicted molar refractivity (Wildman–Crippen MR) is 80.7 cm³/mol. The highest BCUT2D eigenvalue weighted by atomic mass is 35.5. The zero-order chi connectivity index (χ0) is 18.2. The molecule has 0 amide bonds. The summed E-state index contributed by atoms with van der Waals surface area (Å²) in [5.41, 5.74) is -1.53. The van der Waals surface area contributed by atoms with Crippen LogP contribution < -0.4 is 5.32 Å². The third-order valence-corrected chi connectivity index (χ3v) is 3.73. The maximum Gasteiger partial charge on any atom is 0.431 e. The molecule has 1 aromatic heterocycles. The van der Waals surface area contributed by atoms with Crippen LogP contribution in [0.4, 0.5) is 19.1 Å². The predicted octanol–water partition coefficient (Wildman–Crippen LogP) is 2.72. The number of hydrogen-bond donors (Lipinski definition) is 1. The second-order valence-corrected chi connectivity index (χ2v) is 5.47. The lowest BCUT2D eigenvalue weighted by atomic mass is 9.95. The van der Waals surface area contributed by atoms with Gasteiger partial charge >= 0.3 is 12.1 Å². The van der Waals surface area contributed by atoms with E-state index in [1.807, 2.05) is 0 Å². The molecule has 1 N–H and O–H groups in total. The van der Waals surface area contributed by atoms with E-state index in [9.17, 15) is 18.0 Å². The molecular weight excluding hydrogens is 363 g/mol. The number of rotatable bonds is 3. The summed E-state index contributed by atoms with van der Waals surface area (Å²) in [5.74, 6) is -1.34. The van der Waals surface area contributed by atoms with Gasteiger partial charge in [-0.25, -0.2) is 4.79 Å². The average Bonchev–Trinajstić information content (AvgIpc) is 3.01. The molecule has 11 heteroatoms. The van der Waals surface area contributed by atoms with E-state index in [0.717, 1.165) is 4.68 Å². The van der Waals surface area contributed by atoms with Gasteiger partial charge in [-0.3, -0.25) is 0 Å². The second-order valence-electron chi connectivity index (χ2n) is 5.03. The molecule has 0 saturated heterocycles. The van der Waals surface area contributed by atoms with Crippen molar-refractivity contribution in [2.45, 2.75) is 19.1 Å². The number of aromatic nitrogens is 4. The summed E-state index contributed by atoms with van der Waals surface area (Å²) in [6, 6.07) is 4.78. The summed E-state index contributed by atoms with van der Waals surface area (Å²) in [7, 11) is 0. The molecule has 2 aromatic rings. The average molecular weight is 374 g/mol. The van der Waals surface area contributed by atoms with Crippen LogP contribution in [0.1, 0.15) is 18.5 Å². The number of allylic oxidation sites excluding steroid dienone is 1. The lowest BCUT2D eigenvalue weighted by molar-refractivity contribution is -0.140. The Morgan fingerprint density at radius 2 is 2.04 bits per heavy atom. The highest BCUT2D eigenvalue weighted by Crippen LogP contribution is 2.40. The van der Waals surface area contributed by atoms with Crippen LogP contribution in [-0.4, -0.2) is 39.0 Å². The van der Waals surface area contributed by atoms with Gasteiger partial charge in [0.05, 0.1) is 12.2 Å². The number of fused-ring (bicyclic) bond motifs is 1. The number of alkyl halides is 3. The van der Waals surface area contributed by atoms with E-state index in [1.165, 1.54) is 31.2 Å². The van der Waals surface area contributed by atoms with Crippen LogP contribution in [0.3, 0.4) is 0 Å². The summed E-state index contributed by atoms with van der Waals surface area (Å²) in [4.78, 5) is 12.3. The molecule has 0 spiro atoms. The zero-order valence-electron chi connectivity index (χ0n) is 12.7. The van der Waals surface area contributed by atoms with Gasteiger partial charge in [-0.05, 0) is 35.0 Å². The molecule has 1 aliphatic rings. The molecule has 1 atom stereocenters. The molecule has 1 aromatic carbocycles. The highest BCUT2D eigenvalue weighted by Gasteiger charge is 2.46. The van der Waals surface area contributed by atoms with Crippen LogP contribution in [-0.2, 0) is 9.53 Å². The van der Waals surface area contributed by atoms with E-state index < -0.39 is 29.5 Å². The molecule has 3 rings (SSSR count). The van der Waals surface area contributed by atoms with Crippen LogP contribution in [0.5, 0.6) is 0 Å². The maximum absolute atomic E-state index is 13.5. The Hall–Kier alpha value is -2.62. The zero-order valence-corrected chi connectivity index (χ0v) is 13.5. The minimum atomic E-state index is -4.83. The van der Waals surface area contributed by atoms with E-state index >= 15 is 0 Å². The first kappa shape index (κ1) is 17.2. The monoisotopic (exact) mass is 373 g/mol. The van der Waals surface area contributed by atoms with Crippen molar-refractivity contribution in [3.63, 3.8) is 0 Å². The normalized spacial score (nSPS) is 17.1. The fourth-order valence-corrected chi connectivity index (χ4v) is 2.61. The van der Waals surface area contributed by atoms with E-state index in [4.69, 9.17) is 16.3 Å². The molecule has 0 radical (unpaired) electrons. The van der Waals surface area contributed by atoms with Crippen molar-refractivity contribution in [3.05, 3.63) is 46.1 Å². The molecule has 2 heterocycles. The van der Waals surface area contributed by atoms with E-state index in [2.05, 4.69) is 20.8 Å². The third-order valence-electron chi connectivity index (χ3n) is 3.48. The first-order valence-corrected chi connectivity index (χ1v) is 7.49. The van der Waals surface area contributed by atoms with Gasteiger partial charge in [-0.1, -0.05) is 28.8 Å². The molecule has 1 aliphatic heterocycles. The topological polar surface area (TPSA) is 81.9 Å². The van der Waals surface area contributed by atoms with Gasteiger partial charge in [0.1, 0.15) is 11.7 Å². The summed E-state index contributed by atoms with van der Waals surface area (Å²) in [6.45, 7) is 1.42. The molecule has 25 heavy (non-hydrogen) atoms.